The van der Waals surface area contributed by atoms with Gasteiger partial charge in [0, 0.05) is 5.56 Å². The zero-order chi connectivity index (χ0) is 15.5. The number of rotatable bonds is 4. The van der Waals surface area contributed by atoms with Crippen LogP contribution in [0.2, 0.25) is 0 Å². The summed E-state index contributed by atoms with van der Waals surface area (Å²) in [6.07, 6.45) is 0. The van der Waals surface area contributed by atoms with Crippen molar-refractivity contribution in [2.24, 2.45) is 5.73 Å². The zero-order valence-electron chi connectivity index (χ0n) is 11.8. The Morgan fingerprint density at radius 3 is 2.59 bits per heavy atom. The molecule has 0 heterocycles. The van der Waals surface area contributed by atoms with E-state index in [2.05, 4.69) is 40.2 Å². The molecule has 0 aliphatic carbocycles. The minimum Gasteiger partial charge on any atom is -0.488 e. The minimum absolute atomic E-state index is 0.376. The Bertz CT molecular complexity index is 842. The van der Waals surface area contributed by atoms with Gasteiger partial charge in [0.15, 0.2) is 0 Å². The van der Waals surface area contributed by atoms with Crippen molar-refractivity contribution in [1.82, 2.24) is 0 Å². The molecule has 0 amide bonds. The van der Waals surface area contributed by atoms with Gasteiger partial charge in [-0.2, -0.15) is 0 Å². The maximum absolute atomic E-state index is 5.93. The van der Waals surface area contributed by atoms with Crippen LogP contribution < -0.4 is 10.5 Å². The van der Waals surface area contributed by atoms with E-state index in [1.165, 1.54) is 10.8 Å². The van der Waals surface area contributed by atoms with Gasteiger partial charge in [-0.3, -0.25) is 0 Å². The summed E-state index contributed by atoms with van der Waals surface area (Å²) in [5.41, 5.74) is 7.60. The van der Waals surface area contributed by atoms with Gasteiger partial charge in [0.05, 0.1) is 4.47 Å². The smallest absolute Gasteiger partial charge is 0.134 e. The van der Waals surface area contributed by atoms with E-state index in [0.717, 1.165) is 21.3 Å². The van der Waals surface area contributed by atoms with Gasteiger partial charge in [-0.1, -0.05) is 54.7 Å². The first kappa shape index (κ1) is 15.0. The molecule has 110 valence electrons. The molecule has 3 rings (SSSR count). The van der Waals surface area contributed by atoms with E-state index in [1.54, 1.807) is 0 Å². The van der Waals surface area contributed by atoms with Crippen molar-refractivity contribution < 1.29 is 4.74 Å². The molecule has 0 saturated heterocycles. The lowest BCUT2D eigenvalue weighted by molar-refractivity contribution is 0.305. The number of ether oxygens (including phenoxy) is 1. The fourth-order valence-corrected chi connectivity index (χ4v) is 2.97. The van der Waals surface area contributed by atoms with Crippen LogP contribution in [0.5, 0.6) is 5.75 Å². The second kappa shape index (κ2) is 6.46. The number of hydrogen-bond donors (Lipinski definition) is 1. The Kier molecular flexibility index (Phi) is 4.41. The summed E-state index contributed by atoms with van der Waals surface area (Å²) < 4.78 is 6.78. The van der Waals surface area contributed by atoms with Crippen molar-refractivity contribution in [3.8, 4) is 5.75 Å². The summed E-state index contributed by atoms with van der Waals surface area (Å²) in [6.45, 7) is 0.506. The van der Waals surface area contributed by atoms with Crippen LogP contribution in [0.25, 0.3) is 10.8 Å². The Balaban J connectivity index is 1.84. The quantitative estimate of drug-likeness (QED) is 0.668. The second-order valence-corrected chi connectivity index (χ2v) is 6.23. The summed E-state index contributed by atoms with van der Waals surface area (Å²) in [7, 11) is 0. The second-order valence-electron chi connectivity index (χ2n) is 4.94. The Morgan fingerprint density at radius 2 is 1.82 bits per heavy atom. The first-order valence-electron chi connectivity index (χ1n) is 6.84. The molecule has 2 nitrogen and oxygen atoms in total. The molecule has 22 heavy (non-hydrogen) atoms. The molecule has 2 N–H and O–H groups in total. The Hall–Kier alpha value is -1.91. The molecule has 3 aromatic carbocycles. The van der Waals surface area contributed by atoms with Crippen molar-refractivity contribution in [1.29, 1.82) is 0 Å². The first-order chi connectivity index (χ1) is 10.6. The highest BCUT2D eigenvalue weighted by molar-refractivity contribution is 9.10. The maximum atomic E-state index is 5.93. The summed E-state index contributed by atoms with van der Waals surface area (Å²) in [5.74, 6) is 0.771. The number of nitrogens with two attached hydrogens (primary N) is 1. The van der Waals surface area contributed by atoms with Crippen LogP contribution in [0.4, 0.5) is 0 Å². The predicted molar refractivity (Wildman–Crippen MR) is 98.3 cm³/mol. The van der Waals surface area contributed by atoms with Crippen LogP contribution in [0.15, 0.2) is 65.1 Å². The van der Waals surface area contributed by atoms with Crippen LogP contribution in [0.3, 0.4) is 0 Å². The van der Waals surface area contributed by atoms with Gasteiger partial charge in [-0.05, 0) is 50.5 Å². The number of fused-ring (bicyclic) bond motifs is 1. The predicted octanol–water partition coefficient (Wildman–Crippen LogP) is 4.82. The molecule has 0 radical (unpaired) electrons. The van der Waals surface area contributed by atoms with Gasteiger partial charge in [0.1, 0.15) is 17.3 Å². The van der Waals surface area contributed by atoms with E-state index in [1.807, 2.05) is 36.4 Å². The van der Waals surface area contributed by atoms with Crippen molar-refractivity contribution in [3.05, 3.63) is 76.3 Å². The van der Waals surface area contributed by atoms with E-state index in [4.69, 9.17) is 22.7 Å². The zero-order valence-corrected chi connectivity index (χ0v) is 14.2. The van der Waals surface area contributed by atoms with E-state index >= 15 is 0 Å². The van der Waals surface area contributed by atoms with Gasteiger partial charge in [-0.25, -0.2) is 0 Å². The first-order valence-corrected chi connectivity index (χ1v) is 8.04. The third-order valence-corrected chi connectivity index (χ3v) is 4.33. The molecule has 0 bridgehead atoms. The van der Waals surface area contributed by atoms with Crippen LogP contribution in [-0.2, 0) is 6.61 Å². The molecule has 0 aromatic heterocycles. The highest BCUT2D eigenvalue weighted by Gasteiger charge is 2.06. The molecule has 0 aliphatic heterocycles. The average Bonchev–Trinajstić information content (AvgIpc) is 2.53. The van der Waals surface area contributed by atoms with Gasteiger partial charge >= 0.3 is 0 Å². The molecule has 3 aromatic rings. The number of halogens is 1. The summed E-state index contributed by atoms with van der Waals surface area (Å²) in [5, 5.41) is 2.42. The van der Waals surface area contributed by atoms with E-state index in [9.17, 15) is 0 Å². The van der Waals surface area contributed by atoms with E-state index < -0.39 is 0 Å². The molecule has 0 spiro atoms. The SMILES string of the molecule is NC(=S)c1ccc(OCc2cccc3ccccc23)c(Br)c1. The maximum Gasteiger partial charge on any atom is 0.134 e. The van der Waals surface area contributed by atoms with Crippen molar-refractivity contribution in [3.63, 3.8) is 0 Å². The molecular weight excluding hydrogens is 358 g/mol. The average molecular weight is 372 g/mol. The van der Waals surface area contributed by atoms with Crippen molar-refractivity contribution in [2.75, 3.05) is 0 Å². The van der Waals surface area contributed by atoms with E-state index in [0.29, 0.717) is 11.6 Å². The summed E-state index contributed by atoms with van der Waals surface area (Å²) >= 11 is 8.47. The van der Waals surface area contributed by atoms with Crippen molar-refractivity contribution >= 4 is 43.9 Å². The van der Waals surface area contributed by atoms with Crippen LogP contribution in [0.1, 0.15) is 11.1 Å². The fraction of sp³-hybridized carbons (Fsp3) is 0.0556. The lowest BCUT2D eigenvalue weighted by Gasteiger charge is -2.11. The largest absolute Gasteiger partial charge is 0.488 e. The number of hydrogen-bond acceptors (Lipinski definition) is 2. The van der Waals surface area contributed by atoms with Crippen LogP contribution in [-0.4, -0.2) is 4.99 Å². The number of benzene rings is 3. The number of thiocarbonyl (C=S) groups is 1. The third kappa shape index (κ3) is 3.13. The topological polar surface area (TPSA) is 35.2 Å². The standard InChI is InChI=1S/C18H14BrNOS/c19-16-10-13(18(20)22)8-9-17(16)21-11-14-6-3-5-12-4-1-2-7-15(12)14/h1-10H,11H2,(H2,20,22). The molecule has 0 saturated carbocycles. The normalized spacial score (nSPS) is 10.6. The van der Waals surface area contributed by atoms with Crippen molar-refractivity contribution in [2.45, 2.75) is 6.61 Å². The Morgan fingerprint density at radius 1 is 1.05 bits per heavy atom. The monoisotopic (exact) mass is 371 g/mol. The van der Waals surface area contributed by atoms with E-state index in [-0.39, 0.29) is 0 Å². The molecule has 0 aliphatic rings. The Labute approximate surface area is 143 Å². The van der Waals surface area contributed by atoms with Crippen LogP contribution in [0, 0.1) is 0 Å². The minimum atomic E-state index is 0.376. The summed E-state index contributed by atoms with van der Waals surface area (Å²) in [4.78, 5) is 0.376. The highest BCUT2D eigenvalue weighted by Crippen LogP contribution is 2.28. The van der Waals surface area contributed by atoms with Gasteiger partial charge in [0.25, 0.3) is 0 Å². The molecule has 4 heteroatoms. The summed E-state index contributed by atoms with van der Waals surface area (Å²) in [6, 6.07) is 20.1. The lowest BCUT2D eigenvalue weighted by Crippen LogP contribution is -2.09. The molecular formula is C18H14BrNOS. The molecule has 0 atom stereocenters. The van der Waals surface area contributed by atoms with Gasteiger partial charge in [0.2, 0.25) is 0 Å². The molecule has 0 unspecified atom stereocenters. The molecule has 0 fully saturated rings. The third-order valence-electron chi connectivity index (χ3n) is 3.48. The highest BCUT2D eigenvalue weighted by atomic mass is 79.9. The van der Waals surface area contributed by atoms with Gasteiger partial charge < -0.3 is 10.5 Å². The van der Waals surface area contributed by atoms with Crippen LogP contribution >= 0.6 is 28.1 Å². The lowest BCUT2D eigenvalue weighted by atomic mass is 10.1. The fourth-order valence-electron chi connectivity index (χ4n) is 2.35. The van der Waals surface area contributed by atoms with Gasteiger partial charge in [-0.15, -0.1) is 0 Å².